The van der Waals surface area contributed by atoms with E-state index in [1.165, 1.54) is 33.5 Å². The Labute approximate surface area is 99.3 Å². The van der Waals surface area contributed by atoms with Crippen LogP contribution in [-0.2, 0) is 16.0 Å². The number of hydrogen-bond donors (Lipinski definition) is 0. The Bertz CT molecular complexity index is 498. The molecule has 1 aromatic rings. The number of benzene rings is 1. The standard InChI is InChI=1S/C10H13FO5S/c1-14-8-5-10(16-3)9(15-2)4-7(8)6-17(11,12)13/h4-5H,6H2,1-3H3. The molecule has 0 aliphatic heterocycles. The van der Waals surface area contributed by atoms with Crippen molar-refractivity contribution >= 4 is 10.2 Å². The summed E-state index contributed by atoms with van der Waals surface area (Å²) in [7, 11) is -0.440. The molecule has 0 aliphatic carbocycles. The van der Waals surface area contributed by atoms with E-state index < -0.39 is 16.0 Å². The monoisotopic (exact) mass is 264 g/mol. The lowest BCUT2D eigenvalue weighted by Crippen LogP contribution is -2.01. The summed E-state index contributed by atoms with van der Waals surface area (Å²) < 4.78 is 48.9. The van der Waals surface area contributed by atoms with Crippen molar-refractivity contribution in [2.75, 3.05) is 21.3 Å². The maximum atomic E-state index is 12.7. The normalized spacial score (nSPS) is 11.1. The fraction of sp³-hybridized carbons (Fsp3) is 0.400. The summed E-state index contributed by atoms with van der Waals surface area (Å²) in [4.78, 5) is 0. The van der Waals surface area contributed by atoms with Crippen LogP contribution in [0.15, 0.2) is 12.1 Å². The van der Waals surface area contributed by atoms with Gasteiger partial charge in [0, 0.05) is 11.6 Å². The van der Waals surface area contributed by atoms with Gasteiger partial charge in [0.25, 0.3) is 0 Å². The van der Waals surface area contributed by atoms with Crippen LogP contribution in [0, 0.1) is 0 Å². The van der Waals surface area contributed by atoms with Gasteiger partial charge in [-0.15, -0.1) is 3.89 Å². The quantitative estimate of drug-likeness (QED) is 0.754. The topological polar surface area (TPSA) is 61.8 Å². The van der Waals surface area contributed by atoms with E-state index in [1.54, 1.807) is 0 Å². The fourth-order valence-corrected chi connectivity index (χ4v) is 1.99. The van der Waals surface area contributed by atoms with Crippen molar-refractivity contribution in [3.8, 4) is 17.2 Å². The van der Waals surface area contributed by atoms with E-state index in [-0.39, 0.29) is 11.3 Å². The van der Waals surface area contributed by atoms with E-state index in [9.17, 15) is 12.3 Å². The summed E-state index contributed by atoms with van der Waals surface area (Å²) >= 11 is 0. The van der Waals surface area contributed by atoms with E-state index in [2.05, 4.69) is 0 Å². The summed E-state index contributed by atoms with van der Waals surface area (Å²) in [5.41, 5.74) is 0.174. The first kappa shape index (κ1) is 13.6. The Balaban J connectivity index is 3.28. The van der Waals surface area contributed by atoms with Crippen LogP contribution in [0.1, 0.15) is 5.56 Å². The Morgan fingerprint density at radius 3 is 1.88 bits per heavy atom. The summed E-state index contributed by atoms with van der Waals surface area (Å²) in [6, 6.07) is 2.81. The summed E-state index contributed by atoms with van der Waals surface area (Å²) in [5.74, 6) is 0.150. The molecule has 0 bridgehead atoms. The van der Waals surface area contributed by atoms with Gasteiger partial charge in [-0.3, -0.25) is 0 Å². The molecule has 0 unspecified atom stereocenters. The van der Waals surface area contributed by atoms with Gasteiger partial charge in [0.05, 0.1) is 21.3 Å². The van der Waals surface area contributed by atoms with Crippen LogP contribution in [0.3, 0.4) is 0 Å². The van der Waals surface area contributed by atoms with E-state index in [4.69, 9.17) is 14.2 Å². The summed E-state index contributed by atoms with van der Waals surface area (Å²) in [6.07, 6.45) is 0. The minimum absolute atomic E-state index is 0.174. The highest BCUT2D eigenvalue weighted by Crippen LogP contribution is 2.35. The second-order valence-electron chi connectivity index (χ2n) is 3.20. The molecular weight excluding hydrogens is 251 g/mol. The Hall–Kier alpha value is -1.50. The third kappa shape index (κ3) is 3.48. The maximum Gasteiger partial charge on any atom is 0.306 e. The second-order valence-corrected chi connectivity index (χ2v) is 4.57. The predicted molar refractivity (Wildman–Crippen MR) is 59.8 cm³/mol. The van der Waals surface area contributed by atoms with Crippen LogP contribution in [0.4, 0.5) is 3.89 Å². The molecule has 0 radical (unpaired) electrons. The molecular formula is C10H13FO5S. The summed E-state index contributed by atoms with van der Waals surface area (Å²) in [5, 5.41) is 0. The van der Waals surface area contributed by atoms with Gasteiger partial charge in [-0.25, -0.2) is 0 Å². The van der Waals surface area contributed by atoms with Crippen molar-refractivity contribution in [1.82, 2.24) is 0 Å². The molecule has 0 heterocycles. The molecule has 0 spiro atoms. The van der Waals surface area contributed by atoms with Gasteiger partial charge in [0.1, 0.15) is 11.5 Å². The molecule has 0 saturated heterocycles. The molecule has 7 heteroatoms. The SMILES string of the molecule is COc1cc(OC)c(OC)cc1CS(=O)(=O)F. The van der Waals surface area contributed by atoms with Gasteiger partial charge in [-0.2, -0.15) is 8.42 Å². The second kappa shape index (κ2) is 5.22. The average Bonchev–Trinajstić information content (AvgIpc) is 2.26. The Morgan fingerprint density at radius 2 is 1.47 bits per heavy atom. The third-order valence-corrected chi connectivity index (χ3v) is 2.77. The number of hydrogen-bond acceptors (Lipinski definition) is 5. The van der Waals surface area contributed by atoms with Gasteiger partial charge in [-0.05, 0) is 6.07 Å². The molecule has 1 aromatic carbocycles. The highest BCUT2D eigenvalue weighted by Gasteiger charge is 2.17. The van der Waals surface area contributed by atoms with Crippen molar-refractivity contribution in [2.45, 2.75) is 5.75 Å². The molecule has 0 saturated carbocycles. The lowest BCUT2D eigenvalue weighted by Gasteiger charge is -2.12. The van der Waals surface area contributed by atoms with E-state index in [0.717, 1.165) is 0 Å². The molecule has 0 aromatic heterocycles. The van der Waals surface area contributed by atoms with Crippen molar-refractivity contribution < 1.29 is 26.5 Å². The van der Waals surface area contributed by atoms with Gasteiger partial charge in [0.2, 0.25) is 0 Å². The van der Waals surface area contributed by atoms with Gasteiger partial charge in [-0.1, -0.05) is 0 Å². The van der Waals surface area contributed by atoms with Crippen LogP contribution in [0.2, 0.25) is 0 Å². The molecule has 5 nitrogen and oxygen atoms in total. The van der Waals surface area contributed by atoms with E-state index in [1.807, 2.05) is 0 Å². The lowest BCUT2D eigenvalue weighted by molar-refractivity contribution is 0.348. The molecule has 0 fully saturated rings. The highest BCUT2D eigenvalue weighted by atomic mass is 32.3. The predicted octanol–water partition coefficient (Wildman–Crippen LogP) is 1.51. The molecule has 0 N–H and O–H groups in total. The molecule has 1 rings (SSSR count). The van der Waals surface area contributed by atoms with E-state index >= 15 is 0 Å². The van der Waals surface area contributed by atoms with Crippen molar-refractivity contribution in [3.63, 3.8) is 0 Å². The van der Waals surface area contributed by atoms with Gasteiger partial charge < -0.3 is 14.2 Å². The van der Waals surface area contributed by atoms with Crippen LogP contribution in [-0.4, -0.2) is 29.7 Å². The first-order chi connectivity index (χ1) is 7.91. The molecule has 0 aliphatic rings. The van der Waals surface area contributed by atoms with Crippen molar-refractivity contribution in [1.29, 1.82) is 0 Å². The van der Waals surface area contributed by atoms with Crippen LogP contribution in [0.25, 0.3) is 0 Å². The number of methoxy groups -OCH3 is 3. The first-order valence-electron chi connectivity index (χ1n) is 4.62. The minimum atomic E-state index is -4.63. The van der Waals surface area contributed by atoms with Crippen molar-refractivity contribution in [3.05, 3.63) is 17.7 Å². The fourth-order valence-electron chi connectivity index (χ4n) is 1.39. The Kier molecular flexibility index (Phi) is 4.17. The lowest BCUT2D eigenvalue weighted by atomic mass is 10.2. The smallest absolute Gasteiger partial charge is 0.306 e. The number of halogens is 1. The van der Waals surface area contributed by atoms with Crippen LogP contribution in [0.5, 0.6) is 17.2 Å². The number of rotatable bonds is 5. The van der Waals surface area contributed by atoms with Crippen LogP contribution < -0.4 is 14.2 Å². The zero-order valence-corrected chi connectivity index (χ0v) is 10.5. The zero-order valence-electron chi connectivity index (χ0n) is 9.69. The van der Waals surface area contributed by atoms with Gasteiger partial charge in [0.15, 0.2) is 11.5 Å². The molecule has 0 atom stereocenters. The van der Waals surface area contributed by atoms with Gasteiger partial charge >= 0.3 is 10.2 Å². The molecule has 17 heavy (non-hydrogen) atoms. The van der Waals surface area contributed by atoms with E-state index in [0.29, 0.717) is 11.5 Å². The summed E-state index contributed by atoms with van der Waals surface area (Å²) in [6.45, 7) is 0. The largest absolute Gasteiger partial charge is 0.496 e. The van der Waals surface area contributed by atoms with Crippen molar-refractivity contribution in [2.24, 2.45) is 0 Å². The molecule has 0 amide bonds. The third-order valence-electron chi connectivity index (χ3n) is 2.11. The average molecular weight is 264 g/mol. The van der Waals surface area contributed by atoms with Crippen LogP contribution >= 0.6 is 0 Å². The highest BCUT2D eigenvalue weighted by molar-refractivity contribution is 7.85. The first-order valence-corrected chi connectivity index (χ1v) is 6.17. The zero-order chi connectivity index (χ0) is 13.1. The Morgan fingerprint density at radius 1 is 1.00 bits per heavy atom. The minimum Gasteiger partial charge on any atom is -0.496 e. The number of ether oxygens (including phenoxy) is 3. The molecule has 96 valence electrons. The maximum absolute atomic E-state index is 12.7.